The number of alkyl halides is 3. The van der Waals surface area contributed by atoms with E-state index in [4.69, 9.17) is 5.11 Å². The van der Waals surface area contributed by atoms with Crippen molar-refractivity contribution in [3.63, 3.8) is 0 Å². The number of amides is 1. The van der Waals surface area contributed by atoms with E-state index in [1.807, 2.05) is 0 Å². The summed E-state index contributed by atoms with van der Waals surface area (Å²) in [6.07, 6.45) is -12.2. The molecule has 0 spiro atoms. The Morgan fingerprint density at radius 2 is 1.50 bits per heavy atom. The van der Waals surface area contributed by atoms with Crippen molar-refractivity contribution < 1.29 is 219 Å². The molecule has 1 aliphatic rings. The summed E-state index contributed by atoms with van der Waals surface area (Å²) in [6, 6.07) is -1.85. The quantitative estimate of drug-likeness (QED) is 0.209. The van der Waals surface area contributed by atoms with Gasteiger partial charge in [-0.25, -0.2) is 0 Å². The van der Waals surface area contributed by atoms with Gasteiger partial charge >= 0.3 is 12.1 Å². The van der Waals surface area contributed by atoms with Crippen molar-refractivity contribution in [2.24, 2.45) is 0 Å². The normalized spacial score (nSPS) is 30.6. The molecule has 1 fully saturated rings. The summed E-state index contributed by atoms with van der Waals surface area (Å²) >= 11 is 0. The van der Waals surface area contributed by atoms with Crippen LogP contribution < -0.4 is 5.32 Å². The fourth-order valence-electron chi connectivity index (χ4n) is 1.49. The molecule has 5 atom stereocenters. The van der Waals surface area contributed by atoms with Gasteiger partial charge in [-0.2, -0.15) is 13.2 Å². The van der Waals surface area contributed by atoms with Crippen molar-refractivity contribution in [3.05, 3.63) is 0 Å². The summed E-state index contributed by atoms with van der Waals surface area (Å²) in [5.74, 6) is -2.39. The Morgan fingerprint density at radius 1 is 1.05 bits per heavy atom. The second kappa shape index (κ2) is 15.7. The molecule has 14 heteroatoms. The largest absolute Gasteiger partial charge is 0.471 e. The summed E-state index contributed by atoms with van der Waals surface area (Å²) < 4.78 is 40.5. The topological polar surface area (TPSA) is 119 Å². The second-order valence-corrected chi connectivity index (χ2v) is 3.73. The minimum atomic E-state index is -5.20. The SMILES string of the molecule is O=C(NC1C(O)OC(CO)C(O)C1O)C(F)(F)F.[Ac].[Ac].[Ac].[Ac]. The molecule has 1 heterocycles. The molecule has 22 heavy (non-hydrogen) atoms. The zero-order valence-corrected chi connectivity index (χ0v) is 30.1. The minimum Gasteiger partial charge on any atom is -0.394 e. The molecular weight excluding hydrogens is 1170 g/mol. The molecule has 4 radical (unpaired) electrons. The standard InChI is InChI=1S/C8H12F3NO6.4Ac/c9-8(10,11)7(17)12-3-5(15)4(14)2(1-13)18-6(3)16;;;;/h2-6,13-16H,1H2,(H,12,17);;;;. The number of aliphatic hydroxyl groups is 4. The Hall–Kier alpha value is 4.83. The first-order chi connectivity index (χ1) is 8.18. The molecule has 1 amide bonds. The predicted molar refractivity (Wildman–Crippen MR) is 48.0 cm³/mol. The maximum absolute atomic E-state index is 12.0. The maximum Gasteiger partial charge on any atom is 0.471 e. The number of ether oxygens (including phenoxy) is 1. The van der Waals surface area contributed by atoms with Crippen molar-refractivity contribution in [1.29, 1.82) is 0 Å². The fourth-order valence-corrected chi connectivity index (χ4v) is 1.49. The van der Waals surface area contributed by atoms with Crippen LogP contribution in [-0.2, 0) is 9.53 Å². The van der Waals surface area contributed by atoms with Crippen molar-refractivity contribution in [2.45, 2.75) is 36.8 Å². The molecule has 1 rings (SSSR count). The van der Waals surface area contributed by atoms with Crippen LogP contribution in [0.2, 0.25) is 0 Å². The van der Waals surface area contributed by atoms with Crippen LogP contribution in [-0.4, -0.2) is 69.8 Å². The van der Waals surface area contributed by atoms with Gasteiger partial charge in [-0.15, -0.1) is 0 Å². The van der Waals surface area contributed by atoms with E-state index in [-0.39, 0.29) is 176 Å². The van der Waals surface area contributed by atoms with Crippen LogP contribution in [0.15, 0.2) is 0 Å². The number of rotatable bonds is 2. The van der Waals surface area contributed by atoms with Gasteiger partial charge in [0.25, 0.3) is 0 Å². The summed E-state index contributed by atoms with van der Waals surface area (Å²) in [5.41, 5.74) is 0. The Balaban J connectivity index is -0.000000405. The van der Waals surface area contributed by atoms with Crippen molar-refractivity contribution in [2.75, 3.05) is 6.61 Å². The maximum atomic E-state index is 12.0. The van der Waals surface area contributed by atoms with Gasteiger partial charge in [0.1, 0.15) is 24.4 Å². The molecule has 7 nitrogen and oxygen atoms in total. The van der Waals surface area contributed by atoms with Gasteiger partial charge in [-0.05, 0) is 0 Å². The van der Waals surface area contributed by atoms with Crippen molar-refractivity contribution in [1.82, 2.24) is 5.32 Å². The first-order valence-corrected chi connectivity index (χ1v) is 4.86. The number of carbonyl (C=O) groups is 1. The molecule has 0 aromatic heterocycles. The molecule has 5 unspecified atom stereocenters. The number of nitrogens with one attached hydrogen (secondary N) is 1. The van der Waals surface area contributed by atoms with E-state index in [2.05, 4.69) is 4.74 Å². The summed E-state index contributed by atoms with van der Waals surface area (Å²) in [5, 5.41) is 38.1. The predicted octanol–water partition coefficient (Wildman–Crippen LogP) is -2.54. The van der Waals surface area contributed by atoms with Gasteiger partial charge < -0.3 is 30.5 Å². The molecule has 0 aromatic rings. The summed E-state index contributed by atoms with van der Waals surface area (Å²) in [4.78, 5) is 10.6. The van der Waals surface area contributed by atoms with E-state index in [1.165, 1.54) is 5.32 Å². The zero-order valence-electron chi connectivity index (χ0n) is 11.1. The van der Waals surface area contributed by atoms with E-state index >= 15 is 0 Å². The van der Waals surface area contributed by atoms with Gasteiger partial charge in [-0.1, -0.05) is 0 Å². The zero-order chi connectivity index (χ0) is 14.1. The Kier molecular flexibility index (Phi) is 24.5. The third-order valence-electron chi connectivity index (χ3n) is 2.46. The van der Waals surface area contributed by atoms with Gasteiger partial charge in [0.15, 0.2) is 6.29 Å². The molecule has 0 aromatic carbocycles. The van der Waals surface area contributed by atoms with Crippen LogP contribution in [0.1, 0.15) is 0 Å². The molecule has 0 saturated carbocycles. The van der Waals surface area contributed by atoms with E-state index in [0.717, 1.165) is 0 Å². The third-order valence-corrected chi connectivity index (χ3v) is 2.46. The van der Waals surface area contributed by atoms with Crippen LogP contribution in [0.4, 0.5) is 13.2 Å². The third kappa shape index (κ3) is 10.4. The van der Waals surface area contributed by atoms with E-state index in [9.17, 15) is 33.3 Å². The number of hydrogen-bond acceptors (Lipinski definition) is 6. The number of halogens is 3. The molecular formula is C8H12Ac4F3NO6. The van der Waals surface area contributed by atoms with Crippen LogP contribution >= 0.6 is 0 Å². The van der Waals surface area contributed by atoms with Crippen LogP contribution in [0.3, 0.4) is 0 Å². The molecule has 1 saturated heterocycles. The molecule has 5 N–H and O–H groups in total. The average Bonchev–Trinajstić information content (AvgIpc) is 2.27. The fraction of sp³-hybridized carbons (Fsp3) is 0.875. The molecule has 1 aliphatic heterocycles. The van der Waals surface area contributed by atoms with E-state index in [1.54, 1.807) is 0 Å². The molecule has 118 valence electrons. The van der Waals surface area contributed by atoms with E-state index in [0.29, 0.717) is 0 Å². The summed E-state index contributed by atoms with van der Waals surface area (Å²) in [7, 11) is 0. The number of aliphatic hydroxyl groups excluding tert-OH is 4. The Bertz CT molecular complexity index is 327. The van der Waals surface area contributed by atoms with Gasteiger partial charge in [-0.3, -0.25) is 4.79 Å². The van der Waals surface area contributed by atoms with Crippen LogP contribution in [0.25, 0.3) is 0 Å². The number of hydrogen-bond donors (Lipinski definition) is 5. The van der Waals surface area contributed by atoms with Gasteiger partial charge in [0.05, 0.1) is 6.61 Å². The van der Waals surface area contributed by atoms with Crippen molar-refractivity contribution >= 4 is 5.91 Å². The monoisotopic (exact) mass is 1180 g/mol. The Labute approximate surface area is 267 Å². The van der Waals surface area contributed by atoms with Gasteiger partial charge in [0, 0.05) is 176 Å². The average molecular weight is 1180 g/mol. The van der Waals surface area contributed by atoms with Crippen LogP contribution in [0, 0.1) is 176 Å². The van der Waals surface area contributed by atoms with Crippen molar-refractivity contribution in [3.8, 4) is 0 Å². The first kappa shape index (κ1) is 34.3. The summed E-state index contributed by atoms with van der Waals surface area (Å²) in [6.45, 7) is -0.755. The Morgan fingerprint density at radius 3 is 1.86 bits per heavy atom. The second-order valence-electron chi connectivity index (χ2n) is 3.73. The first-order valence-electron chi connectivity index (χ1n) is 4.86. The van der Waals surface area contributed by atoms with E-state index < -0.39 is 49.3 Å². The number of carbonyl (C=O) groups excluding carboxylic acids is 1. The minimum absolute atomic E-state index is 0. The smallest absolute Gasteiger partial charge is 0.394 e. The van der Waals surface area contributed by atoms with Gasteiger partial charge in [0.2, 0.25) is 0 Å². The molecule has 0 bridgehead atoms. The molecule has 0 aliphatic carbocycles. The van der Waals surface area contributed by atoms with Crippen LogP contribution in [0.5, 0.6) is 0 Å².